The van der Waals surface area contributed by atoms with E-state index in [4.69, 9.17) is 4.74 Å². The number of ether oxygens (including phenoxy) is 1. The van der Waals surface area contributed by atoms with Crippen molar-refractivity contribution in [3.05, 3.63) is 77.4 Å². The second-order valence-electron chi connectivity index (χ2n) is 10.2. The van der Waals surface area contributed by atoms with Crippen LogP contribution in [-0.4, -0.2) is 66.8 Å². The van der Waals surface area contributed by atoms with Crippen LogP contribution in [0.1, 0.15) is 42.4 Å². The van der Waals surface area contributed by atoms with Gasteiger partial charge in [-0.15, -0.1) is 0 Å². The Kier molecular flexibility index (Phi) is 7.07. The normalized spacial score (nSPS) is 20.9. The summed E-state index contributed by atoms with van der Waals surface area (Å²) < 4.78 is 5.25. The summed E-state index contributed by atoms with van der Waals surface area (Å²) in [5.74, 6) is 1.07. The molecule has 5 heteroatoms. The van der Waals surface area contributed by atoms with E-state index in [2.05, 4.69) is 41.3 Å². The number of nitrogens with zero attached hydrogens (tertiary/aromatic N) is 2. The number of aliphatic hydroxyl groups excluding tert-OH is 1. The van der Waals surface area contributed by atoms with E-state index in [0.717, 1.165) is 56.6 Å². The number of β-amino-alcohol motifs (C(OH)–C–C–N with tert-alkyl or cyclic N) is 1. The maximum atomic E-state index is 12.7. The fourth-order valence-corrected chi connectivity index (χ4v) is 5.94. The molecule has 2 fully saturated rings. The van der Waals surface area contributed by atoms with Gasteiger partial charge in [0.05, 0.1) is 13.2 Å². The Morgan fingerprint density at radius 3 is 2.66 bits per heavy atom. The van der Waals surface area contributed by atoms with Crippen LogP contribution in [0.15, 0.2) is 60.7 Å². The number of hydrogen-bond donors (Lipinski definition) is 1. The van der Waals surface area contributed by atoms with Crippen LogP contribution in [0, 0.1) is 5.92 Å². The first-order chi connectivity index (χ1) is 17.1. The molecular formula is C30H36N2O3. The zero-order valence-corrected chi connectivity index (χ0v) is 20.6. The predicted molar refractivity (Wildman–Crippen MR) is 140 cm³/mol. The molecule has 1 unspecified atom stereocenters. The lowest BCUT2D eigenvalue weighted by molar-refractivity contribution is -0.128. The number of fused-ring (bicyclic) bond motifs is 2. The van der Waals surface area contributed by atoms with Crippen LogP contribution >= 0.6 is 0 Å². The number of aliphatic hydroxyl groups is 1. The van der Waals surface area contributed by atoms with Crippen molar-refractivity contribution in [2.75, 3.05) is 39.8 Å². The van der Waals surface area contributed by atoms with Gasteiger partial charge in [-0.3, -0.25) is 4.79 Å². The first kappa shape index (κ1) is 23.8. The first-order valence-electron chi connectivity index (χ1n) is 12.9. The van der Waals surface area contributed by atoms with E-state index >= 15 is 0 Å². The number of benzene rings is 2. The van der Waals surface area contributed by atoms with E-state index in [0.29, 0.717) is 13.1 Å². The van der Waals surface area contributed by atoms with Crippen molar-refractivity contribution in [2.45, 2.75) is 37.2 Å². The largest absolute Gasteiger partial charge is 0.497 e. The van der Waals surface area contributed by atoms with Gasteiger partial charge in [0.1, 0.15) is 5.75 Å². The number of rotatable bonds is 6. The summed E-state index contributed by atoms with van der Waals surface area (Å²) in [6.07, 6.45) is 11.8. The number of likely N-dealkylation sites (tertiary alicyclic amines) is 2. The molecule has 3 aliphatic rings. The van der Waals surface area contributed by atoms with Crippen molar-refractivity contribution in [3.63, 3.8) is 0 Å². The highest BCUT2D eigenvalue weighted by Crippen LogP contribution is 2.43. The summed E-state index contributed by atoms with van der Waals surface area (Å²) in [7, 11) is 1.64. The van der Waals surface area contributed by atoms with E-state index in [1.807, 2.05) is 35.2 Å². The van der Waals surface area contributed by atoms with E-state index < -0.39 is 0 Å². The number of piperidine rings is 2. The molecule has 5 nitrogen and oxygen atoms in total. The van der Waals surface area contributed by atoms with E-state index in [1.165, 1.54) is 11.1 Å². The zero-order chi connectivity index (χ0) is 24.3. The van der Waals surface area contributed by atoms with Crippen LogP contribution in [0.3, 0.4) is 0 Å². The minimum Gasteiger partial charge on any atom is -0.497 e. The SMILES string of the molecule is COc1cccc(C=CC(=O)N2CCC(C(O)CN3CCC4(C=Cc5ccccc54)CC3)CC2)c1. The molecule has 5 rings (SSSR count). The molecule has 0 saturated carbocycles. The zero-order valence-electron chi connectivity index (χ0n) is 20.6. The number of methoxy groups -OCH3 is 1. The number of carbonyl (C=O) groups excluding carboxylic acids is 1. The Morgan fingerprint density at radius 1 is 1.11 bits per heavy atom. The van der Waals surface area contributed by atoms with E-state index in [9.17, 15) is 9.90 Å². The summed E-state index contributed by atoms with van der Waals surface area (Å²) in [5, 5.41) is 11.0. The van der Waals surface area contributed by atoms with Crippen molar-refractivity contribution in [1.82, 2.24) is 9.80 Å². The van der Waals surface area contributed by atoms with Gasteiger partial charge in [0, 0.05) is 31.1 Å². The first-order valence-corrected chi connectivity index (χ1v) is 12.9. The Morgan fingerprint density at radius 2 is 1.89 bits per heavy atom. The van der Waals surface area contributed by atoms with Crippen LogP contribution < -0.4 is 4.74 Å². The quantitative estimate of drug-likeness (QED) is 0.635. The maximum Gasteiger partial charge on any atom is 0.246 e. The highest BCUT2D eigenvalue weighted by molar-refractivity contribution is 5.91. The van der Waals surface area contributed by atoms with Gasteiger partial charge in [-0.2, -0.15) is 0 Å². The highest BCUT2D eigenvalue weighted by Gasteiger charge is 2.38. The van der Waals surface area contributed by atoms with Crippen LogP contribution in [0.25, 0.3) is 12.2 Å². The third kappa shape index (κ3) is 5.21. The van der Waals surface area contributed by atoms with Crippen molar-refractivity contribution in [1.29, 1.82) is 0 Å². The molecule has 2 aromatic rings. The van der Waals surface area contributed by atoms with Crippen molar-refractivity contribution in [3.8, 4) is 5.75 Å². The molecular weight excluding hydrogens is 436 g/mol. The molecule has 2 saturated heterocycles. The van der Waals surface area contributed by atoms with E-state index in [1.54, 1.807) is 13.2 Å². The van der Waals surface area contributed by atoms with Gasteiger partial charge >= 0.3 is 0 Å². The average molecular weight is 473 g/mol. The molecule has 1 atom stereocenters. The van der Waals surface area contributed by atoms with Gasteiger partial charge in [0.15, 0.2) is 0 Å². The molecule has 1 amide bonds. The molecule has 1 N–H and O–H groups in total. The second-order valence-corrected chi connectivity index (χ2v) is 10.2. The summed E-state index contributed by atoms with van der Waals surface area (Å²) >= 11 is 0. The monoisotopic (exact) mass is 472 g/mol. The van der Waals surface area contributed by atoms with E-state index in [-0.39, 0.29) is 23.3 Å². The lowest BCUT2D eigenvalue weighted by Gasteiger charge is -2.41. The highest BCUT2D eigenvalue weighted by atomic mass is 16.5. The molecule has 2 aromatic carbocycles. The Hall–Kier alpha value is -2.89. The molecule has 0 aromatic heterocycles. The van der Waals surface area contributed by atoms with Gasteiger partial charge in [-0.05, 0) is 79.6 Å². The topological polar surface area (TPSA) is 53.0 Å². The van der Waals surface area contributed by atoms with Crippen LogP contribution in [0.4, 0.5) is 0 Å². The summed E-state index contributed by atoms with van der Waals surface area (Å²) in [4.78, 5) is 17.0. The molecule has 1 aliphatic carbocycles. The number of amides is 1. The third-order valence-corrected chi connectivity index (χ3v) is 8.18. The van der Waals surface area contributed by atoms with Crippen LogP contribution in [0.5, 0.6) is 5.75 Å². The fourth-order valence-electron chi connectivity index (χ4n) is 5.94. The summed E-state index contributed by atoms with van der Waals surface area (Å²) in [6.45, 7) is 4.17. The Balaban J connectivity index is 1.08. The smallest absolute Gasteiger partial charge is 0.246 e. The molecule has 0 radical (unpaired) electrons. The van der Waals surface area contributed by atoms with Crippen molar-refractivity contribution < 1.29 is 14.6 Å². The molecule has 2 aliphatic heterocycles. The lowest BCUT2D eigenvalue weighted by Crippen LogP contribution is -2.47. The predicted octanol–water partition coefficient (Wildman–Crippen LogP) is 4.37. The number of carbonyl (C=O) groups is 1. The summed E-state index contributed by atoms with van der Waals surface area (Å²) in [6, 6.07) is 16.4. The molecule has 184 valence electrons. The second kappa shape index (κ2) is 10.4. The van der Waals surface area contributed by atoms with Crippen molar-refractivity contribution >= 4 is 18.1 Å². The minimum absolute atomic E-state index is 0.0342. The average Bonchev–Trinajstić information content (AvgIpc) is 3.27. The summed E-state index contributed by atoms with van der Waals surface area (Å²) in [5.41, 5.74) is 3.96. The van der Waals surface area contributed by atoms with Crippen molar-refractivity contribution in [2.24, 2.45) is 5.92 Å². The molecule has 1 spiro atoms. The van der Waals surface area contributed by atoms with Gasteiger partial charge in [-0.1, -0.05) is 48.6 Å². The lowest BCUT2D eigenvalue weighted by atomic mass is 9.74. The number of hydrogen-bond acceptors (Lipinski definition) is 4. The molecule has 2 heterocycles. The Bertz CT molecular complexity index is 1090. The van der Waals surface area contributed by atoms with Crippen LogP contribution in [-0.2, 0) is 10.2 Å². The van der Waals surface area contributed by atoms with Gasteiger partial charge in [0.2, 0.25) is 5.91 Å². The maximum absolute atomic E-state index is 12.7. The van der Waals surface area contributed by atoms with Gasteiger partial charge in [-0.25, -0.2) is 0 Å². The fraction of sp³-hybridized carbons (Fsp3) is 0.433. The molecule has 0 bridgehead atoms. The Labute approximate surface area is 208 Å². The standard InChI is InChI=1S/C30H36N2O3/c1-35-26-7-4-5-23(21-26)9-10-29(34)32-17-12-25(13-18-32)28(33)22-31-19-15-30(16-20-31)14-11-24-6-2-3-8-27(24)30/h2-11,14,21,25,28,33H,12-13,15-20,22H2,1H3. The third-order valence-electron chi connectivity index (χ3n) is 8.18. The molecule has 35 heavy (non-hydrogen) atoms. The minimum atomic E-state index is -0.333. The number of allylic oxidation sites excluding steroid dienone is 1. The van der Waals surface area contributed by atoms with Gasteiger partial charge in [0.25, 0.3) is 0 Å². The van der Waals surface area contributed by atoms with Crippen LogP contribution in [0.2, 0.25) is 0 Å². The van der Waals surface area contributed by atoms with Gasteiger partial charge < -0.3 is 19.6 Å².